The molecule has 0 amide bonds. The van der Waals surface area contributed by atoms with Crippen LogP contribution in [0.3, 0.4) is 0 Å². The highest BCUT2D eigenvalue weighted by Crippen LogP contribution is 2.32. The minimum atomic E-state index is -0.408. The second kappa shape index (κ2) is 5.79. The molecule has 0 aliphatic rings. The Morgan fingerprint density at radius 2 is 2.28 bits per heavy atom. The molecule has 0 unspecified atom stereocenters. The molecule has 3 nitrogen and oxygen atoms in total. The molecule has 0 N–H and O–H groups in total. The fraction of sp³-hybridized carbons (Fsp3) is 0.182. The van der Waals surface area contributed by atoms with Gasteiger partial charge in [0.1, 0.15) is 11.5 Å². The largest absolute Gasteiger partial charge is 0.461 e. The maximum Gasteiger partial charge on any atom is 0.355 e. The van der Waals surface area contributed by atoms with Gasteiger partial charge in [-0.2, -0.15) is 0 Å². The van der Waals surface area contributed by atoms with Crippen LogP contribution >= 0.6 is 46.3 Å². The Hall–Kier alpha value is -0.280. The summed E-state index contributed by atoms with van der Waals surface area (Å²) in [5.74, 6) is -0.761. The van der Waals surface area contributed by atoms with Gasteiger partial charge in [0.15, 0.2) is 0 Å². The molecular formula is C11H8BrFINO2S. The van der Waals surface area contributed by atoms with Gasteiger partial charge in [0.25, 0.3) is 0 Å². The van der Waals surface area contributed by atoms with E-state index in [9.17, 15) is 9.18 Å². The normalized spacial score (nSPS) is 10.9. The maximum atomic E-state index is 13.5. The molecule has 1 aromatic heterocycles. The van der Waals surface area contributed by atoms with E-state index in [0.29, 0.717) is 22.2 Å². The van der Waals surface area contributed by atoms with E-state index >= 15 is 0 Å². The molecule has 0 spiro atoms. The summed E-state index contributed by atoms with van der Waals surface area (Å²) in [5, 5.41) is 0.669. The molecule has 0 aliphatic heterocycles. The lowest BCUT2D eigenvalue weighted by Crippen LogP contribution is -2.07. The van der Waals surface area contributed by atoms with E-state index in [2.05, 4.69) is 37.1 Å². The zero-order valence-electron chi connectivity index (χ0n) is 9.25. The Labute approximate surface area is 128 Å². The Morgan fingerprint density at radius 3 is 2.89 bits per heavy atom. The van der Waals surface area contributed by atoms with E-state index in [4.69, 9.17) is 4.74 Å². The number of benzene rings is 1. The van der Waals surface area contributed by atoms with Crippen molar-refractivity contribution in [2.24, 2.45) is 0 Å². The number of carbonyl (C=O) groups is 1. The third-order valence-corrected chi connectivity index (χ3v) is 4.67. The second-order valence-electron chi connectivity index (χ2n) is 3.44. The lowest BCUT2D eigenvalue weighted by Gasteiger charge is -2.05. The number of rotatable bonds is 3. The monoisotopic (exact) mass is 443 g/mol. The summed E-state index contributed by atoms with van der Waals surface area (Å²) in [6.45, 7) is 2.06. The van der Waals surface area contributed by atoms with E-state index in [1.54, 1.807) is 23.0 Å². The Kier molecular flexibility index (Phi) is 4.54. The van der Waals surface area contributed by atoms with Gasteiger partial charge in [-0.1, -0.05) is 0 Å². The number of fused-ring (bicyclic) bond motifs is 1. The van der Waals surface area contributed by atoms with Gasteiger partial charge in [0.05, 0.1) is 16.6 Å². The molecule has 7 heteroatoms. The van der Waals surface area contributed by atoms with Gasteiger partial charge >= 0.3 is 5.97 Å². The Morgan fingerprint density at radius 1 is 1.56 bits per heavy atom. The first-order valence-corrected chi connectivity index (χ1v) is 9.16. The molecule has 2 rings (SSSR count). The molecule has 96 valence electrons. The number of hydrogen-bond donors (Lipinski definition) is 0. The Balaban J connectivity index is 2.64. The van der Waals surface area contributed by atoms with E-state index in [1.807, 2.05) is 0 Å². The number of hydrogen-bond acceptors (Lipinski definition) is 3. The molecule has 1 aromatic carbocycles. The number of carbonyl (C=O) groups excluding carboxylic acids is 1. The Bertz CT molecular complexity index is 617. The first-order valence-electron chi connectivity index (χ1n) is 5.05. The summed E-state index contributed by atoms with van der Waals surface area (Å²) in [7, 11) is 1.34. The first kappa shape index (κ1) is 14.1. The molecule has 0 bridgehead atoms. The SMILES string of the molecule is CCOC(=O)c1cc2cc(F)c(Br)cc2n1SI. The smallest absolute Gasteiger partial charge is 0.355 e. The molecule has 0 atom stereocenters. The van der Waals surface area contributed by atoms with Crippen LogP contribution in [0.25, 0.3) is 10.9 Å². The third kappa shape index (κ3) is 2.53. The molecule has 18 heavy (non-hydrogen) atoms. The van der Waals surface area contributed by atoms with Gasteiger partial charge in [-0.05, 0) is 41.1 Å². The minimum absolute atomic E-state index is 0.310. The number of nitrogens with zero attached hydrogens (tertiary/aromatic N) is 1. The van der Waals surface area contributed by atoms with Crippen LogP contribution in [0.5, 0.6) is 0 Å². The maximum absolute atomic E-state index is 13.5. The minimum Gasteiger partial charge on any atom is -0.461 e. The van der Waals surface area contributed by atoms with E-state index in [1.165, 1.54) is 15.2 Å². The van der Waals surface area contributed by atoms with Gasteiger partial charge in [-0.3, -0.25) is 3.97 Å². The van der Waals surface area contributed by atoms with Crippen LogP contribution in [0.15, 0.2) is 22.7 Å². The van der Waals surface area contributed by atoms with Crippen molar-refractivity contribution in [1.29, 1.82) is 0 Å². The summed E-state index contributed by atoms with van der Waals surface area (Å²) in [6, 6.07) is 4.68. The molecule has 0 saturated carbocycles. The summed E-state index contributed by atoms with van der Waals surface area (Å²) in [6.07, 6.45) is 0. The standard InChI is InChI=1S/C11H8BrFINO2S/c1-2-17-11(16)10-4-6-3-8(13)7(12)5-9(6)15(10)18-14/h3-5H,2H2,1H3. The fourth-order valence-electron chi connectivity index (χ4n) is 1.60. The quantitative estimate of drug-likeness (QED) is 0.514. The van der Waals surface area contributed by atoms with Crippen LogP contribution in [0, 0.1) is 5.82 Å². The van der Waals surface area contributed by atoms with Gasteiger partial charge in [0.2, 0.25) is 0 Å². The lowest BCUT2D eigenvalue weighted by molar-refractivity contribution is 0.0519. The molecule has 0 saturated heterocycles. The van der Waals surface area contributed by atoms with Crippen molar-refractivity contribution >= 4 is 63.1 Å². The van der Waals surface area contributed by atoms with Crippen LogP contribution in [0.2, 0.25) is 0 Å². The summed E-state index contributed by atoms with van der Waals surface area (Å²) >= 11 is 5.21. The van der Waals surface area contributed by atoms with Crippen molar-refractivity contribution in [2.75, 3.05) is 6.61 Å². The number of halogens is 3. The second-order valence-corrected chi connectivity index (χ2v) is 5.98. The number of ether oxygens (including phenoxy) is 1. The topological polar surface area (TPSA) is 31.2 Å². The van der Waals surface area contributed by atoms with Crippen molar-refractivity contribution < 1.29 is 13.9 Å². The van der Waals surface area contributed by atoms with Crippen LogP contribution < -0.4 is 0 Å². The highest BCUT2D eigenvalue weighted by Gasteiger charge is 2.18. The van der Waals surface area contributed by atoms with E-state index in [0.717, 1.165) is 5.52 Å². The van der Waals surface area contributed by atoms with E-state index in [-0.39, 0.29) is 5.82 Å². The van der Waals surface area contributed by atoms with Crippen LogP contribution in [0.1, 0.15) is 17.4 Å². The van der Waals surface area contributed by atoms with Gasteiger partial charge in [0, 0.05) is 35.7 Å². The average Bonchev–Trinajstić information content (AvgIpc) is 2.68. The van der Waals surface area contributed by atoms with Crippen LogP contribution in [-0.2, 0) is 4.74 Å². The van der Waals surface area contributed by atoms with Crippen molar-refractivity contribution in [3.05, 3.63) is 34.2 Å². The van der Waals surface area contributed by atoms with Crippen molar-refractivity contribution in [2.45, 2.75) is 6.92 Å². The van der Waals surface area contributed by atoms with Crippen molar-refractivity contribution in [3.8, 4) is 0 Å². The van der Waals surface area contributed by atoms with Gasteiger partial charge in [-0.25, -0.2) is 9.18 Å². The van der Waals surface area contributed by atoms with Crippen molar-refractivity contribution in [3.63, 3.8) is 0 Å². The van der Waals surface area contributed by atoms with Crippen molar-refractivity contribution in [1.82, 2.24) is 3.97 Å². The van der Waals surface area contributed by atoms with E-state index < -0.39 is 5.97 Å². The van der Waals surface area contributed by atoms with Gasteiger partial charge < -0.3 is 4.74 Å². The first-order chi connectivity index (χ1) is 8.58. The molecule has 1 heterocycles. The molecule has 2 aromatic rings. The van der Waals surface area contributed by atoms with Crippen LogP contribution in [-0.4, -0.2) is 16.5 Å². The predicted octanol–water partition coefficient (Wildman–Crippen LogP) is 4.57. The highest BCUT2D eigenvalue weighted by molar-refractivity contribution is 14.2. The number of esters is 1. The average molecular weight is 444 g/mol. The molecule has 0 fully saturated rings. The summed E-state index contributed by atoms with van der Waals surface area (Å²) in [4.78, 5) is 11.8. The summed E-state index contributed by atoms with van der Waals surface area (Å²) < 4.78 is 20.5. The fourth-order valence-corrected chi connectivity index (χ4v) is 3.64. The highest BCUT2D eigenvalue weighted by atomic mass is 127. The molecule has 0 radical (unpaired) electrons. The zero-order chi connectivity index (χ0) is 13.3. The molecule has 0 aliphatic carbocycles. The van der Waals surface area contributed by atoms with Crippen LogP contribution in [0.4, 0.5) is 4.39 Å². The zero-order valence-corrected chi connectivity index (χ0v) is 13.8. The number of aromatic nitrogens is 1. The predicted molar refractivity (Wildman–Crippen MR) is 82.6 cm³/mol. The van der Waals surface area contributed by atoms with Gasteiger partial charge in [-0.15, -0.1) is 0 Å². The third-order valence-electron chi connectivity index (χ3n) is 2.35. The summed E-state index contributed by atoms with van der Waals surface area (Å²) in [5.41, 5.74) is 1.18. The molecular weight excluding hydrogens is 436 g/mol. The lowest BCUT2D eigenvalue weighted by atomic mass is 10.2.